The van der Waals surface area contributed by atoms with Crippen LogP contribution in [0.3, 0.4) is 0 Å². The lowest BCUT2D eigenvalue weighted by molar-refractivity contribution is -0.500. The van der Waals surface area contributed by atoms with Crippen LogP contribution in [0.2, 0.25) is 0 Å². The molecule has 20 heavy (non-hydrogen) atoms. The highest BCUT2D eigenvalue weighted by Gasteiger charge is 2.15. The number of hydrazone groups is 1. The Morgan fingerprint density at radius 1 is 1.65 bits per heavy atom. The van der Waals surface area contributed by atoms with E-state index in [2.05, 4.69) is 22.4 Å². The molecular weight excluding hydrogens is 280 g/mol. The summed E-state index contributed by atoms with van der Waals surface area (Å²) in [5, 5.41) is 16.9. The molecule has 0 aliphatic carbocycles. The molecule has 0 saturated heterocycles. The number of ether oxygens (including phenoxy) is 1. The first-order chi connectivity index (χ1) is 9.58. The van der Waals surface area contributed by atoms with Gasteiger partial charge in [0.25, 0.3) is 0 Å². The molecule has 0 saturated carbocycles. The molecule has 0 radical (unpaired) electrons. The summed E-state index contributed by atoms with van der Waals surface area (Å²) in [5.41, 5.74) is 3.22. The van der Waals surface area contributed by atoms with Crippen molar-refractivity contribution in [3.8, 4) is 5.75 Å². The van der Waals surface area contributed by atoms with Crippen LogP contribution in [0.4, 0.5) is 5.69 Å². The first-order valence-electron chi connectivity index (χ1n) is 5.64. The van der Waals surface area contributed by atoms with E-state index < -0.39 is 4.92 Å². The number of nitro groups is 1. The van der Waals surface area contributed by atoms with Gasteiger partial charge < -0.3 is 10.1 Å². The fourth-order valence-corrected chi connectivity index (χ4v) is 1.48. The molecule has 0 heterocycles. The molecule has 0 unspecified atom stereocenters. The average molecular weight is 295 g/mol. The molecule has 0 aromatic heterocycles. The highest BCUT2D eigenvalue weighted by molar-refractivity contribution is 7.80. The Morgan fingerprint density at radius 3 is 3.00 bits per heavy atom. The highest BCUT2D eigenvalue weighted by Crippen LogP contribution is 2.26. The lowest BCUT2D eigenvalue weighted by atomic mass is 10.2. The summed E-state index contributed by atoms with van der Waals surface area (Å²) in [6.07, 6.45) is 3.22. The Bertz CT molecular complexity index is 546. The summed E-state index contributed by atoms with van der Waals surface area (Å²) in [4.78, 5) is 10.4. The normalized spacial score (nSPS) is 10.1. The van der Waals surface area contributed by atoms with Crippen LogP contribution >= 0.6 is 12.2 Å². The van der Waals surface area contributed by atoms with E-state index in [0.717, 1.165) is 0 Å². The van der Waals surface area contributed by atoms with Crippen molar-refractivity contribution in [2.45, 2.75) is 0 Å². The Kier molecular flexibility index (Phi) is 6.11. The second-order valence-electron chi connectivity index (χ2n) is 3.60. The quantitative estimate of drug-likeness (QED) is 0.219. The van der Waals surface area contributed by atoms with Gasteiger partial charge in [-0.1, -0.05) is 6.08 Å². The fourth-order valence-electron chi connectivity index (χ4n) is 1.33. The average Bonchev–Trinajstić information content (AvgIpc) is 2.44. The van der Waals surface area contributed by atoms with Crippen molar-refractivity contribution in [3.63, 3.8) is 0 Å². The number of nitro benzene ring substituents is 1. The zero-order valence-electron chi connectivity index (χ0n) is 10.9. The van der Waals surface area contributed by atoms with Crippen molar-refractivity contribution in [1.29, 1.82) is 0 Å². The molecule has 0 fully saturated rings. The Labute approximate surface area is 121 Å². The standard InChI is InChI=1S/C12H14N4O3S/c1-3-6-13-12(20)15-14-8-9-4-5-11(19-2)10(7-9)16(17)18/h3-5,7-8H,1,6H2,2H3,(H2,13,15,20)/p+1. The van der Waals surface area contributed by atoms with E-state index in [-0.39, 0.29) is 11.4 Å². The molecule has 0 atom stereocenters. The van der Waals surface area contributed by atoms with Gasteiger partial charge in [0.15, 0.2) is 12.0 Å². The molecular formula is C12H15N4O3S+. The molecule has 0 spiro atoms. The molecule has 1 aromatic rings. The van der Waals surface area contributed by atoms with Crippen LogP contribution in [0.15, 0.2) is 30.9 Å². The Hall–Kier alpha value is -2.48. The number of methoxy groups -OCH3 is 1. The van der Waals surface area contributed by atoms with Gasteiger partial charge in [0.05, 0.1) is 12.0 Å². The van der Waals surface area contributed by atoms with E-state index in [1.165, 1.54) is 19.2 Å². The minimum absolute atomic E-state index is 0.101. The Morgan fingerprint density at radius 2 is 2.40 bits per heavy atom. The third-order valence-corrected chi connectivity index (χ3v) is 2.48. The molecule has 106 valence electrons. The van der Waals surface area contributed by atoms with E-state index >= 15 is 0 Å². The molecule has 0 bridgehead atoms. The predicted molar refractivity (Wildman–Crippen MR) is 79.7 cm³/mol. The predicted octanol–water partition coefficient (Wildman–Crippen LogP) is -0.332. The summed E-state index contributed by atoms with van der Waals surface area (Å²) in [6, 6.07) is 4.61. The van der Waals surface area contributed by atoms with Crippen LogP contribution in [-0.4, -0.2) is 29.9 Å². The minimum Gasteiger partial charge on any atom is -0.490 e. The summed E-state index contributed by atoms with van der Waals surface area (Å²) in [6.45, 7) is 4.09. The first-order valence-corrected chi connectivity index (χ1v) is 6.05. The number of hydrazine groups is 1. The Balaban J connectivity index is 2.73. The third kappa shape index (κ3) is 4.65. The van der Waals surface area contributed by atoms with Gasteiger partial charge in [-0.3, -0.25) is 10.1 Å². The van der Waals surface area contributed by atoms with Crippen LogP contribution < -0.4 is 20.6 Å². The minimum atomic E-state index is -0.500. The van der Waals surface area contributed by atoms with Crippen LogP contribution in [0.5, 0.6) is 5.75 Å². The lowest BCUT2D eigenvalue weighted by Crippen LogP contribution is -2.82. The van der Waals surface area contributed by atoms with E-state index in [0.29, 0.717) is 17.2 Å². The van der Waals surface area contributed by atoms with Crippen LogP contribution in [-0.2, 0) is 0 Å². The number of hydrogen-bond donors (Lipinski definition) is 3. The van der Waals surface area contributed by atoms with E-state index in [4.69, 9.17) is 17.0 Å². The smallest absolute Gasteiger partial charge is 0.311 e. The largest absolute Gasteiger partial charge is 0.490 e. The fraction of sp³-hybridized carbons (Fsp3) is 0.167. The maximum absolute atomic E-state index is 10.9. The van der Waals surface area contributed by atoms with E-state index in [1.54, 1.807) is 18.4 Å². The molecule has 7 nitrogen and oxygen atoms in total. The van der Waals surface area contributed by atoms with Gasteiger partial charge in [0.2, 0.25) is 5.11 Å². The first kappa shape index (κ1) is 15.6. The molecule has 1 rings (SSSR count). The lowest BCUT2D eigenvalue weighted by Gasteiger charge is -2.01. The summed E-state index contributed by atoms with van der Waals surface area (Å²) < 4.78 is 4.92. The van der Waals surface area contributed by atoms with Crippen LogP contribution in [0.25, 0.3) is 0 Å². The van der Waals surface area contributed by atoms with Crippen molar-refractivity contribution in [1.82, 2.24) is 10.7 Å². The molecule has 0 amide bonds. The van der Waals surface area contributed by atoms with E-state index in [1.807, 2.05) is 0 Å². The van der Waals surface area contributed by atoms with Gasteiger partial charge in [-0.15, -0.1) is 17.1 Å². The second kappa shape index (κ2) is 7.85. The van der Waals surface area contributed by atoms with Gasteiger partial charge in [0, 0.05) is 18.2 Å². The van der Waals surface area contributed by atoms with Crippen LogP contribution in [0.1, 0.15) is 5.56 Å². The van der Waals surface area contributed by atoms with Crippen molar-refractivity contribution < 1.29 is 14.8 Å². The molecule has 0 aliphatic rings. The molecule has 0 aliphatic heterocycles. The summed E-state index contributed by atoms with van der Waals surface area (Å²) in [7, 11) is 1.38. The zero-order valence-corrected chi connectivity index (χ0v) is 11.7. The summed E-state index contributed by atoms with van der Waals surface area (Å²) >= 11 is 4.96. The zero-order chi connectivity index (χ0) is 15.0. The van der Waals surface area contributed by atoms with Gasteiger partial charge in [-0.05, 0) is 24.4 Å². The van der Waals surface area contributed by atoms with Crippen molar-refractivity contribution in [3.05, 3.63) is 46.5 Å². The molecule has 1 aromatic carbocycles. The van der Waals surface area contributed by atoms with E-state index in [9.17, 15) is 10.1 Å². The SMILES string of the molecule is C=CCNC(=S)N[NH+]=Cc1ccc(OC)c([N+](=O)[O-])c1. The number of thiocarbonyl (C=S) groups is 1. The number of nitrogens with zero attached hydrogens (tertiary/aromatic N) is 1. The third-order valence-electron chi connectivity index (χ3n) is 2.23. The van der Waals surface area contributed by atoms with Crippen molar-refractivity contribution >= 4 is 29.2 Å². The maximum Gasteiger partial charge on any atom is 0.311 e. The number of rotatable bonds is 6. The van der Waals surface area contributed by atoms with Crippen molar-refractivity contribution in [2.24, 2.45) is 0 Å². The van der Waals surface area contributed by atoms with Gasteiger partial charge in [-0.25, -0.2) is 0 Å². The highest BCUT2D eigenvalue weighted by atomic mass is 32.1. The molecule has 3 N–H and O–H groups in total. The maximum atomic E-state index is 10.9. The summed E-state index contributed by atoms with van der Waals surface area (Å²) in [5.74, 6) is 0.211. The topological polar surface area (TPSA) is 90.4 Å². The van der Waals surface area contributed by atoms with Gasteiger partial charge in [-0.2, -0.15) is 0 Å². The monoisotopic (exact) mass is 295 g/mol. The van der Waals surface area contributed by atoms with Crippen molar-refractivity contribution in [2.75, 3.05) is 13.7 Å². The van der Waals surface area contributed by atoms with Gasteiger partial charge >= 0.3 is 5.69 Å². The van der Waals surface area contributed by atoms with Crippen LogP contribution in [0, 0.1) is 10.1 Å². The number of hydrogen-bond acceptors (Lipinski definition) is 4. The second-order valence-corrected chi connectivity index (χ2v) is 4.01. The number of nitrogens with one attached hydrogen (secondary N) is 3. The molecule has 8 heteroatoms. The van der Waals surface area contributed by atoms with Gasteiger partial charge in [0.1, 0.15) is 0 Å². The number of benzene rings is 1.